The van der Waals surface area contributed by atoms with Gasteiger partial charge in [-0.05, 0) is 24.6 Å². The first kappa shape index (κ1) is 9.48. The van der Waals surface area contributed by atoms with E-state index in [2.05, 4.69) is 27.8 Å². The maximum Gasteiger partial charge on any atom is 0.126 e. The van der Waals surface area contributed by atoms with Gasteiger partial charge in [0.25, 0.3) is 0 Å². The summed E-state index contributed by atoms with van der Waals surface area (Å²) in [6.45, 7) is 2.19. The van der Waals surface area contributed by atoms with E-state index >= 15 is 0 Å². The van der Waals surface area contributed by atoms with Gasteiger partial charge in [-0.25, -0.2) is 4.98 Å². The monoisotopic (exact) mass is 221 g/mol. The van der Waals surface area contributed by atoms with Crippen LogP contribution in [0.1, 0.15) is 17.7 Å². The SMILES string of the molecule is c1cc2c(nc1NC1CCNC1)CSC2. The average molecular weight is 221 g/mol. The Hall–Kier alpha value is -0.740. The quantitative estimate of drug-likeness (QED) is 0.795. The van der Waals surface area contributed by atoms with Crippen molar-refractivity contribution in [1.29, 1.82) is 0 Å². The van der Waals surface area contributed by atoms with Crippen LogP contribution in [0.2, 0.25) is 0 Å². The number of anilines is 1. The van der Waals surface area contributed by atoms with Crippen LogP contribution in [0.5, 0.6) is 0 Å². The van der Waals surface area contributed by atoms with Crippen LogP contribution in [0.3, 0.4) is 0 Å². The second-order valence-corrected chi connectivity index (χ2v) is 5.11. The highest BCUT2D eigenvalue weighted by Crippen LogP contribution is 2.29. The maximum absolute atomic E-state index is 4.66. The summed E-state index contributed by atoms with van der Waals surface area (Å²) in [5.74, 6) is 3.26. The number of hydrogen-bond donors (Lipinski definition) is 2. The third-order valence-corrected chi connectivity index (χ3v) is 3.97. The molecular weight excluding hydrogens is 206 g/mol. The third-order valence-electron chi connectivity index (χ3n) is 2.98. The smallest absolute Gasteiger partial charge is 0.126 e. The third kappa shape index (κ3) is 1.96. The Morgan fingerprint density at radius 3 is 3.27 bits per heavy atom. The minimum absolute atomic E-state index is 0.560. The van der Waals surface area contributed by atoms with Crippen molar-refractivity contribution in [3.8, 4) is 0 Å². The lowest BCUT2D eigenvalue weighted by Crippen LogP contribution is -2.22. The Morgan fingerprint density at radius 1 is 1.40 bits per heavy atom. The molecule has 0 bridgehead atoms. The lowest BCUT2D eigenvalue weighted by molar-refractivity contribution is 0.787. The molecule has 2 N–H and O–H groups in total. The first-order chi connectivity index (χ1) is 7.42. The van der Waals surface area contributed by atoms with Crippen molar-refractivity contribution in [1.82, 2.24) is 10.3 Å². The molecule has 15 heavy (non-hydrogen) atoms. The van der Waals surface area contributed by atoms with Gasteiger partial charge in [0, 0.05) is 24.1 Å². The second kappa shape index (κ2) is 4.02. The average Bonchev–Trinajstić information content (AvgIpc) is 2.87. The van der Waals surface area contributed by atoms with Crippen molar-refractivity contribution < 1.29 is 0 Å². The molecule has 0 amide bonds. The minimum atomic E-state index is 0.560. The molecule has 80 valence electrons. The predicted molar refractivity (Wildman–Crippen MR) is 64.1 cm³/mol. The molecule has 0 saturated carbocycles. The summed E-state index contributed by atoms with van der Waals surface area (Å²) in [5, 5.41) is 6.84. The Labute approximate surface area is 94.1 Å². The van der Waals surface area contributed by atoms with E-state index in [0.717, 1.165) is 30.4 Å². The zero-order chi connectivity index (χ0) is 10.1. The summed E-state index contributed by atoms with van der Waals surface area (Å²) < 4.78 is 0. The minimum Gasteiger partial charge on any atom is -0.366 e. The van der Waals surface area contributed by atoms with Crippen molar-refractivity contribution >= 4 is 17.6 Å². The summed E-state index contributed by atoms with van der Waals surface area (Å²) in [5.41, 5.74) is 2.69. The summed E-state index contributed by atoms with van der Waals surface area (Å²) in [6.07, 6.45) is 1.20. The van der Waals surface area contributed by atoms with E-state index < -0.39 is 0 Å². The molecule has 3 rings (SSSR count). The van der Waals surface area contributed by atoms with Crippen LogP contribution in [0, 0.1) is 0 Å². The number of pyridine rings is 1. The zero-order valence-corrected chi connectivity index (χ0v) is 9.44. The summed E-state index contributed by atoms with van der Waals surface area (Å²) in [6, 6.07) is 4.89. The van der Waals surface area contributed by atoms with E-state index in [1.54, 1.807) is 0 Å². The molecule has 1 fully saturated rings. The fourth-order valence-electron chi connectivity index (χ4n) is 2.11. The summed E-state index contributed by atoms with van der Waals surface area (Å²) in [4.78, 5) is 4.66. The van der Waals surface area contributed by atoms with Crippen molar-refractivity contribution in [2.45, 2.75) is 24.0 Å². The zero-order valence-electron chi connectivity index (χ0n) is 8.62. The second-order valence-electron chi connectivity index (χ2n) is 4.13. The van der Waals surface area contributed by atoms with E-state index in [1.165, 1.54) is 17.7 Å². The Balaban J connectivity index is 1.75. The van der Waals surface area contributed by atoms with Gasteiger partial charge in [-0.2, -0.15) is 11.8 Å². The van der Waals surface area contributed by atoms with E-state index in [9.17, 15) is 0 Å². The molecule has 0 spiro atoms. The van der Waals surface area contributed by atoms with Gasteiger partial charge in [0.15, 0.2) is 0 Å². The number of nitrogens with one attached hydrogen (secondary N) is 2. The predicted octanol–water partition coefficient (Wildman–Crippen LogP) is 1.60. The van der Waals surface area contributed by atoms with Crippen molar-refractivity contribution in [3.05, 3.63) is 23.4 Å². The van der Waals surface area contributed by atoms with Gasteiger partial charge in [0.1, 0.15) is 5.82 Å². The largest absolute Gasteiger partial charge is 0.366 e. The molecule has 3 heterocycles. The van der Waals surface area contributed by atoms with Crippen LogP contribution >= 0.6 is 11.8 Å². The maximum atomic E-state index is 4.66. The summed E-state index contributed by atoms with van der Waals surface area (Å²) >= 11 is 1.95. The van der Waals surface area contributed by atoms with Gasteiger partial charge in [-0.3, -0.25) is 0 Å². The Bertz CT molecular complexity index is 361. The fraction of sp³-hybridized carbons (Fsp3) is 0.545. The number of thioether (sulfide) groups is 1. The molecule has 2 aliphatic rings. The molecule has 1 aromatic rings. The van der Waals surface area contributed by atoms with Crippen LogP contribution in [0.25, 0.3) is 0 Å². The van der Waals surface area contributed by atoms with Crippen molar-refractivity contribution in [2.75, 3.05) is 18.4 Å². The molecule has 3 nitrogen and oxygen atoms in total. The van der Waals surface area contributed by atoms with Gasteiger partial charge in [0.05, 0.1) is 5.69 Å². The first-order valence-electron chi connectivity index (χ1n) is 5.45. The normalized spacial score (nSPS) is 24.1. The lowest BCUT2D eigenvalue weighted by Gasteiger charge is -2.12. The fourth-order valence-corrected chi connectivity index (χ4v) is 3.14. The lowest BCUT2D eigenvalue weighted by atomic mass is 10.2. The van der Waals surface area contributed by atoms with Gasteiger partial charge in [0.2, 0.25) is 0 Å². The highest BCUT2D eigenvalue weighted by Gasteiger charge is 2.16. The first-order valence-corrected chi connectivity index (χ1v) is 6.61. The number of nitrogens with zero attached hydrogens (tertiary/aromatic N) is 1. The molecular formula is C11H15N3S. The van der Waals surface area contributed by atoms with Crippen LogP contribution in [0.15, 0.2) is 12.1 Å². The van der Waals surface area contributed by atoms with E-state index in [0.29, 0.717) is 6.04 Å². The van der Waals surface area contributed by atoms with Crippen LogP contribution in [0.4, 0.5) is 5.82 Å². The highest BCUT2D eigenvalue weighted by molar-refractivity contribution is 7.98. The number of rotatable bonds is 2. The topological polar surface area (TPSA) is 37.0 Å². The molecule has 1 unspecified atom stereocenters. The Morgan fingerprint density at radius 2 is 2.40 bits per heavy atom. The highest BCUT2D eigenvalue weighted by atomic mass is 32.2. The van der Waals surface area contributed by atoms with Crippen LogP contribution in [-0.2, 0) is 11.5 Å². The van der Waals surface area contributed by atoms with E-state index in [-0.39, 0.29) is 0 Å². The molecule has 4 heteroatoms. The Kier molecular flexibility index (Phi) is 2.54. The van der Waals surface area contributed by atoms with Crippen molar-refractivity contribution in [2.24, 2.45) is 0 Å². The van der Waals surface area contributed by atoms with Gasteiger partial charge in [-0.15, -0.1) is 0 Å². The van der Waals surface area contributed by atoms with Crippen LogP contribution in [-0.4, -0.2) is 24.1 Å². The standard InChI is InChI=1S/C11H15N3S/c1-2-11(13-9-3-4-12-5-9)14-10-7-15-6-8(1)10/h1-2,9,12H,3-7H2,(H,13,14). The molecule has 0 aromatic carbocycles. The van der Waals surface area contributed by atoms with Gasteiger partial charge in [-0.1, -0.05) is 6.07 Å². The van der Waals surface area contributed by atoms with Gasteiger partial charge < -0.3 is 10.6 Å². The van der Waals surface area contributed by atoms with E-state index in [4.69, 9.17) is 0 Å². The summed E-state index contributed by atoms with van der Waals surface area (Å²) in [7, 11) is 0. The molecule has 1 atom stereocenters. The number of aromatic nitrogens is 1. The number of fused-ring (bicyclic) bond motifs is 1. The van der Waals surface area contributed by atoms with Gasteiger partial charge >= 0.3 is 0 Å². The molecule has 1 saturated heterocycles. The van der Waals surface area contributed by atoms with Crippen LogP contribution < -0.4 is 10.6 Å². The molecule has 1 aromatic heterocycles. The van der Waals surface area contributed by atoms with E-state index in [1.807, 2.05) is 11.8 Å². The number of hydrogen-bond acceptors (Lipinski definition) is 4. The molecule has 2 aliphatic heterocycles. The molecule has 0 radical (unpaired) electrons. The van der Waals surface area contributed by atoms with Crippen molar-refractivity contribution in [3.63, 3.8) is 0 Å². The molecule has 0 aliphatic carbocycles.